The van der Waals surface area contributed by atoms with E-state index in [1.165, 1.54) is 0 Å². The molecule has 0 aliphatic heterocycles. The van der Waals surface area contributed by atoms with Crippen molar-refractivity contribution >= 4 is 5.82 Å². The molecule has 22 heavy (non-hydrogen) atoms. The minimum Gasteiger partial charge on any atom is -0.351 e. The molecule has 1 N–H and O–H groups in total. The van der Waals surface area contributed by atoms with Crippen LogP contribution >= 0.6 is 0 Å². The van der Waals surface area contributed by atoms with E-state index in [2.05, 4.69) is 20.2 Å². The van der Waals surface area contributed by atoms with Crippen LogP contribution < -0.4 is 4.90 Å². The molecule has 0 atom stereocenters. The summed E-state index contributed by atoms with van der Waals surface area (Å²) < 4.78 is 0. The highest BCUT2D eigenvalue weighted by Crippen LogP contribution is 2.17. The molecule has 6 nitrogen and oxygen atoms in total. The second-order valence-corrected chi connectivity index (χ2v) is 4.85. The van der Waals surface area contributed by atoms with Crippen LogP contribution in [-0.4, -0.2) is 27.2 Å². The van der Waals surface area contributed by atoms with Crippen molar-refractivity contribution in [3.63, 3.8) is 0 Å². The van der Waals surface area contributed by atoms with Crippen molar-refractivity contribution in [2.45, 2.75) is 6.54 Å². The van der Waals surface area contributed by atoms with Gasteiger partial charge in [-0.15, -0.1) is 10.2 Å². The van der Waals surface area contributed by atoms with Gasteiger partial charge in [0.1, 0.15) is 11.9 Å². The monoisotopic (exact) mass is 290 g/mol. The zero-order chi connectivity index (χ0) is 15.4. The molecule has 0 aliphatic carbocycles. The molecule has 0 fully saturated rings. The number of hydrogen-bond donors (Lipinski definition) is 1. The standard InChI is InChI=1S/C16H14N6/c1-22(16-8-7-13(9-17)20-21-16)11-15-18-10-14(19-15)12-5-3-2-4-6-12/h2-8,10H,11H2,1H3,(H,18,19). The summed E-state index contributed by atoms with van der Waals surface area (Å²) in [6.07, 6.45) is 1.82. The fourth-order valence-electron chi connectivity index (χ4n) is 2.10. The average Bonchev–Trinajstić information content (AvgIpc) is 3.04. The minimum absolute atomic E-state index is 0.307. The van der Waals surface area contributed by atoms with Crippen LogP contribution in [0.2, 0.25) is 0 Å². The van der Waals surface area contributed by atoms with Gasteiger partial charge in [-0.2, -0.15) is 5.26 Å². The zero-order valence-corrected chi connectivity index (χ0v) is 12.1. The SMILES string of the molecule is CN(Cc1ncc(-c2ccccc2)[nH]1)c1ccc(C#N)nn1. The van der Waals surface area contributed by atoms with Crippen molar-refractivity contribution in [1.82, 2.24) is 20.2 Å². The predicted octanol–water partition coefficient (Wildman–Crippen LogP) is 2.37. The molecular formula is C16H14N6. The topological polar surface area (TPSA) is 81.5 Å². The lowest BCUT2D eigenvalue weighted by atomic mass is 10.2. The van der Waals surface area contributed by atoms with E-state index < -0.39 is 0 Å². The van der Waals surface area contributed by atoms with Gasteiger partial charge in [0, 0.05) is 7.05 Å². The van der Waals surface area contributed by atoms with Gasteiger partial charge in [-0.05, 0) is 17.7 Å². The van der Waals surface area contributed by atoms with Crippen LogP contribution in [0.3, 0.4) is 0 Å². The Morgan fingerprint density at radius 1 is 1.14 bits per heavy atom. The van der Waals surface area contributed by atoms with Gasteiger partial charge >= 0.3 is 0 Å². The molecular weight excluding hydrogens is 276 g/mol. The Morgan fingerprint density at radius 2 is 1.95 bits per heavy atom. The number of nitrogens with zero attached hydrogens (tertiary/aromatic N) is 5. The van der Waals surface area contributed by atoms with Crippen LogP contribution in [0.1, 0.15) is 11.5 Å². The Labute approximate surface area is 128 Å². The molecule has 0 bridgehead atoms. The first kappa shape index (κ1) is 13.8. The first-order valence-corrected chi connectivity index (χ1v) is 6.80. The van der Waals surface area contributed by atoms with Crippen LogP contribution in [0, 0.1) is 11.3 Å². The molecule has 0 spiro atoms. The second kappa shape index (κ2) is 6.06. The number of imidazole rings is 1. The number of anilines is 1. The Morgan fingerprint density at radius 3 is 2.64 bits per heavy atom. The van der Waals surface area contributed by atoms with Crippen LogP contribution in [0.15, 0.2) is 48.7 Å². The van der Waals surface area contributed by atoms with E-state index in [0.29, 0.717) is 18.1 Å². The fraction of sp³-hybridized carbons (Fsp3) is 0.125. The number of benzene rings is 1. The predicted molar refractivity (Wildman–Crippen MR) is 82.9 cm³/mol. The summed E-state index contributed by atoms with van der Waals surface area (Å²) in [7, 11) is 1.90. The lowest BCUT2D eigenvalue weighted by Gasteiger charge is -2.15. The highest BCUT2D eigenvalue weighted by molar-refractivity contribution is 5.58. The van der Waals surface area contributed by atoms with Crippen molar-refractivity contribution < 1.29 is 0 Å². The quantitative estimate of drug-likeness (QED) is 0.797. The molecule has 0 saturated carbocycles. The third-order valence-corrected chi connectivity index (χ3v) is 3.26. The number of H-pyrrole nitrogens is 1. The summed E-state index contributed by atoms with van der Waals surface area (Å²) in [6, 6.07) is 15.4. The summed E-state index contributed by atoms with van der Waals surface area (Å²) >= 11 is 0. The number of nitriles is 1. The largest absolute Gasteiger partial charge is 0.351 e. The molecule has 0 unspecified atom stereocenters. The van der Waals surface area contributed by atoms with Gasteiger partial charge in [0.2, 0.25) is 0 Å². The minimum atomic E-state index is 0.307. The molecule has 0 aliphatic rings. The van der Waals surface area contributed by atoms with Crippen LogP contribution in [0.4, 0.5) is 5.82 Å². The summed E-state index contributed by atoms with van der Waals surface area (Å²) in [5.74, 6) is 1.53. The maximum atomic E-state index is 8.73. The molecule has 0 amide bonds. The molecule has 2 heterocycles. The van der Waals surface area contributed by atoms with E-state index in [4.69, 9.17) is 5.26 Å². The normalized spacial score (nSPS) is 10.2. The lowest BCUT2D eigenvalue weighted by Crippen LogP contribution is -2.19. The van der Waals surface area contributed by atoms with E-state index in [9.17, 15) is 0 Å². The Bertz CT molecular complexity index is 786. The molecule has 0 radical (unpaired) electrons. The number of nitrogens with one attached hydrogen (secondary N) is 1. The molecule has 3 rings (SSSR count). The van der Waals surface area contributed by atoms with Gasteiger partial charge < -0.3 is 9.88 Å². The van der Waals surface area contributed by atoms with Crippen molar-refractivity contribution in [3.05, 3.63) is 60.2 Å². The number of aromatic amines is 1. The molecule has 0 saturated heterocycles. The molecule has 3 aromatic rings. The van der Waals surface area contributed by atoms with E-state index in [1.807, 2.05) is 54.5 Å². The first-order valence-electron chi connectivity index (χ1n) is 6.80. The van der Waals surface area contributed by atoms with Crippen molar-refractivity contribution in [1.29, 1.82) is 5.26 Å². The van der Waals surface area contributed by atoms with E-state index in [-0.39, 0.29) is 0 Å². The maximum Gasteiger partial charge on any atom is 0.163 e. The first-order chi connectivity index (χ1) is 10.8. The zero-order valence-electron chi connectivity index (χ0n) is 12.1. The maximum absolute atomic E-state index is 8.73. The average molecular weight is 290 g/mol. The number of rotatable bonds is 4. The van der Waals surface area contributed by atoms with Gasteiger partial charge in [-0.25, -0.2) is 4.98 Å². The summed E-state index contributed by atoms with van der Waals surface area (Å²) in [5, 5.41) is 16.6. The number of hydrogen-bond acceptors (Lipinski definition) is 5. The van der Waals surface area contributed by atoms with Crippen molar-refractivity contribution in [3.8, 4) is 17.3 Å². The molecule has 6 heteroatoms. The van der Waals surface area contributed by atoms with E-state index in [1.54, 1.807) is 12.1 Å². The van der Waals surface area contributed by atoms with Gasteiger partial charge in [0.25, 0.3) is 0 Å². The summed E-state index contributed by atoms with van der Waals surface area (Å²) in [5.41, 5.74) is 2.39. The third-order valence-electron chi connectivity index (χ3n) is 3.26. The highest BCUT2D eigenvalue weighted by Gasteiger charge is 2.08. The summed E-state index contributed by atoms with van der Waals surface area (Å²) in [6.45, 7) is 0.577. The van der Waals surface area contributed by atoms with Gasteiger partial charge in [-0.1, -0.05) is 30.3 Å². The fourth-order valence-corrected chi connectivity index (χ4v) is 2.10. The lowest BCUT2D eigenvalue weighted by molar-refractivity contribution is 0.823. The van der Waals surface area contributed by atoms with Crippen molar-refractivity contribution in [2.24, 2.45) is 0 Å². The van der Waals surface area contributed by atoms with Crippen molar-refractivity contribution in [2.75, 3.05) is 11.9 Å². The summed E-state index contributed by atoms with van der Waals surface area (Å²) in [4.78, 5) is 9.61. The van der Waals surface area contributed by atoms with Gasteiger partial charge in [0.15, 0.2) is 11.5 Å². The van der Waals surface area contributed by atoms with Crippen LogP contribution in [0.5, 0.6) is 0 Å². The number of aromatic nitrogens is 4. The smallest absolute Gasteiger partial charge is 0.163 e. The van der Waals surface area contributed by atoms with Gasteiger partial charge in [-0.3, -0.25) is 0 Å². The molecule has 2 aromatic heterocycles. The van der Waals surface area contributed by atoms with Gasteiger partial charge in [0.05, 0.1) is 18.4 Å². The highest BCUT2D eigenvalue weighted by atomic mass is 15.3. The molecule has 1 aromatic carbocycles. The Kier molecular flexibility index (Phi) is 3.79. The van der Waals surface area contributed by atoms with Crippen LogP contribution in [-0.2, 0) is 6.54 Å². The Balaban J connectivity index is 1.73. The second-order valence-electron chi connectivity index (χ2n) is 4.85. The van der Waals surface area contributed by atoms with Crippen LogP contribution in [0.25, 0.3) is 11.3 Å². The van der Waals surface area contributed by atoms with E-state index in [0.717, 1.165) is 17.1 Å². The molecule has 108 valence electrons. The Hall–Kier alpha value is -3.20. The third kappa shape index (κ3) is 2.94. The van der Waals surface area contributed by atoms with E-state index >= 15 is 0 Å².